The van der Waals surface area contributed by atoms with Gasteiger partial charge in [-0.25, -0.2) is 0 Å². The van der Waals surface area contributed by atoms with Crippen molar-refractivity contribution in [3.05, 3.63) is 41.5 Å². The SMILES string of the molecule is C=CCNC(CC(=O)O)C(=O)c1cc(C)c(OC)cc1C. The number of Topliss-reactive ketones (excluding diaryl/α,β-unsaturated/α-hetero) is 1. The molecule has 2 N–H and O–H groups in total. The van der Waals surface area contributed by atoms with Crippen molar-refractivity contribution in [2.24, 2.45) is 0 Å². The van der Waals surface area contributed by atoms with Crippen LogP contribution in [0.2, 0.25) is 0 Å². The number of benzene rings is 1. The molecule has 0 heterocycles. The highest BCUT2D eigenvalue weighted by molar-refractivity contribution is 6.03. The molecule has 1 rings (SSSR count). The maximum absolute atomic E-state index is 12.6. The van der Waals surface area contributed by atoms with Crippen LogP contribution in [0, 0.1) is 13.8 Å². The van der Waals surface area contributed by atoms with Crippen molar-refractivity contribution in [2.45, 2.75) is 26.3 Å². The topological polar surface area (TPSA) is 75.6 Å². The van der Waals surface area contributed by atoms with Gasteiger partial charge in [0, 0.05) is 12.1 Å². The van der Waals surface area contributed by atoms with Crippen LogP contribution in [0.25, 0.3) is 0 Å². The smallest absolute Gasteiger partial charge is 0.305 e. The second-order valence-electron chi connectivity index (χ2n) is 4.85. The lowest BCUT2D eigenvalue weighted by Crippen LogP contribution is -2.39. The number of carboxylic acids is 1. The van der Waals surface area contributed by atoms with E-state index in [4.69, 9.17) is 9.84 Å². The first kappa shape index (κ1) is 16.9. The standard InChI is InChI=1S/C16H21NO4/c1-5-6-17-13(9-15(18)19)16(20)12-7-11(3)14(21-4)8-10(12)2/h5,7-8,13,17H,1,6,9H2,2-4H3,(H,18,19). The number of hydrogen-bond donors (Lipinski definition) is 2. The van der Waals surface area contributed by atoms with Gasteiger partial charge in [0.2, 0.25) is 0 Å². The zero-order valence-corrected chi connectivity index (χ0v) is 12.6. The minimum Gasteiger partial charge on any atom is -0.496 e. The van der Waals surface area contributed by atoms with Crippen LogP contribution < -0.4 is 10.1 Å². The normalized spacial score (nSPS) is 11.8. The highest BCUT2D eigenvalue weighted by Crippen LogP contribution is 2.23. The van der Waals surface area contributed by atoms with Gasteiger partial charge in [0.1, 0.15) is 5.75 Å². The average molecular weight is 291 g/mol. The summed E-state index contributed by atoms with van der Waals surface area (Å²) >= 11 is 0. The molecule has 0 saturated heterocycles. The number of carbonyl (C=O) groups excluding carboxylic acids is 1. The fourth-order valence-electron chi connectivity index (χ4n) is 2.12. The Bertz CT molecular complexity index is 551. The maximum Gasteiger partial charge on any atom is 0.305 e. The summed E-state index contributed by atoms with van der Waals surface area (Å²) in [5, 5.41) is 11.8. The zero-order valence-electron chi connectivity index (χ0n) is 12.6. The van der Waals surface area contributed by atoms with E-state index >= 15 is 0 Å². The van der Waals surface area contributed by atoms with E-state index in [1.807, 2.05) is 6.92 Å². The van der Waals surface area contributed by atoms with Crippen LogP contribution in [0.15, 0.2) is 24.8 Å². The van der Waals surface area contributed by atoms with Gasteiger partial charge in [-0.05, 0) is 37.1 Å². The molecule has 5 nitrogen and oxygen atoms in total. The summed E-state index contributed by atoms with van der Waals surface area (Å²) < 4.78 is 5.22. The van der Waals surface area contributed by atoms with Gasteiger partial charge < -0.3 is 15.2 Å². The Labute approximate surface area is 124 Å². The molecule has 0 radical (unpaired) electrons. The number of hydrogen-bond acceptors (Lipinski definition) is 4. The molecule has 0 aromatic heterocycles. The summed E-state index contributed by atoms with van der Waals surface area (Å²) in [6.45, 7) is 7.59. The van der Waals surface area contributed by atoms with Crippen molar-refractivity contribution < 1.29 is 19.4 Å². The van der Waals surface area contributed by atoms with Crippen LogP contribution in [0.4, 0.5) is 0 Å². The lowest BCUT2D eigenvalue weighted by molar-refractivity contribution is -0.137. The summed E-state index contributed by atoms with van der Waals surface area (Å²) in [6, 6.07) is 2.75. The molecule has 1 aromatic rings. The Morgan fingerprint density at radius 1 is 1.38 bits per heavy atom. The molecule has 0 aliphatic rings. The monoisotopic (exact) mass is 291 g/mol. The fraction of sp³-hybridized carbons (Fsp3) is 0.375. The Balaban J connectivity index is 3.10. The largest absolute Gasteiger partial charge is 0.496 e. The second kappa shape index (κ2) is 7.59. The van der Waals surface area contributed by atoms with Crippen molar-refractivity contribution in [1.29, 1.82) is 0 Å². The number of methoxy groups -OCH3 is 1. The van der Waals surface area contributed by atoms with E-state index in [0.717, 1.165) is 11.1 Å². The second-order valence-corrected chi connectivity index (χ2v) is 4.85. The molecule has 21 heavy (non-hydrogen) atoms. The Morgan fingerprint density at radius 2 is 2.05 bits per heavy atom. The van der Waals surface area contributed by atoms with Crippen molar-refractivity contribution >= 4 is 11.8 Å². The number of nitrogens with one attached hydrogen (secondary N) is 1. The van der Waals surface area contributed by atoms with E-state index in [2.05, 4.69) is 11.9 Å². The predicted molar refractivity (Wildman–Crippen MR) is 81.0 cm³/mol. The van der Waals surface area contributed by atoms with Crippen molar-refractivity contribution in [1.82, 2.24) is 5.32 Å². The third kappa shape index (κ3) is 4.43. The molecule has 0 bridgehead atoms. The highest BCUT2D eigenvalue weighted by Gasteiger charge is 2.24. The third-order valence-corrected chi connectivity index (χ3v) is 3.21. The molecule has 0 aliphatic carbocycles. The predicted octanol–water partition coefficient (Wildman–Crippen LogP) is 2.11. The summed E-state index contributed by atoms with van der Waals surface area (Å²) in [6.07, 6.45) is 1.32. The van der Waals surface area contributed by atoms with Gasteiger partial charge in [-0.3, -0.25) is 9.59 Å². The van der Waals surface area contributed by atoms with Gasteiger partial charge in [0.15, 0.2) is 5.78 Å². The number of ketones is 1. The van der Waals surface area contributed by atoms with Crippen LogP contribution in [0.1, 0.15) is 27.9 Å². The van der Waals surface area contributed by atoms with Crippen molar-refractivity contribution in [2.75, 3.05) is 13.7 Å². The van der Waals surface area contributed by atoms with E-state index in [0.29, 0.717) is 17.9 Å². The van der Waals surface area contributed by atoms with Crippen molar-refractivity contribution in [3.63, 3.8) is 0 Å². The van der Waals surface area contributed by atoms with Gasteiger partial charge >= 0.3 is 5.97 Å². The minimum atomic E-state index is -1.02. The first-order chi connectivity index (χ1) is 9.90. The molecule has 1 unspecified atom stereocenters. The lowest BCUT2D eigenvalue weighted by atomic mass is 9.95. The molecule has 0 spiro atoms. The summed E-state index contributed by atoms with van der Waals surface area (Å²) in [4.78, 5) is 23.5. The Morgan fingerprint density at radius 3 is 2.57 bits per heavy atom. The van der Waals surface area contributed by atoms with Crippen LogP contribution in [0.5, 0.6) is 5.75 Å². The molecular weight excluding hydrogens is 270 g/mol. The Hall–Kier alpha value is -2.14. The van der Waals surface area contributed by atoms with Crippen LogP contribution in [-0.4, -0.2) is 36.6 Å². The molecule has 0 amide bonds. The molecule has 114 valence electrons. The van der Waals surface area contributed by atoms with Gasteiger partial charge in [-0.15, -0.1) is 6.58 Å². The quantitative estimate of drug-likeness (QED) is 0.567. The molecular formula is C16H21NO4. The van der Waals surface area contributed by atoms with E-state index in [1.54, 1.807) is 32.2 Å². The molecule has 0 fully saturated rings. The number of ether oxygens (including phenoxy) is 1. The minimum absolute atomic E-state index is 0.234. The van der Waals surface area contributed by atoms with Crippen LogP contribution >= 0.6 is 0 Å². The number of carbonyl (C=O) groups is 2. The molecule has 5 heteroatoms. The van der Waals surface area contributed by atoms with Crippen molar-refractivity contribution in [3.8, 4) is 5.75 Å². The molecule has 1 atom stereocenters. The van der Waals surface area contributed by atoms with E-state index < -0.39 is 12.0 Å². The van der Waals surface area contributed by atoms with E-state index in [1.165, 1.54) is 0 Å². The maximum atomic E-state index is 12.6. The van der Waals surface area contributed by atoms with Gasteiger partial charge in [0.25, 0.3) is 0 Å². The lowest BCUT2D eigenvalue weighted by Gasteiger charge is -2.17. The number of carboxylic acid groups (broad SMARTS) is 1. The first-order valence-corrected chi connectivity index (χ1v) is 6.66. The van der Waals surface area contributed by atoms with E-state index in [-0.39, 0.29) is 12.2 Å². The fourth-order valence-corrected chi connectivity index (χ4v) is 2.12. The number of aliphatic carboxylic acids is 1. The zero-order chi connectivity index (χ0) is 16.0. The summed E-state index contributed by atoms with van der Waals surface area (Å²) in [5.74, 6) is -0.548. The van der Waals surface area contributed by atoms with Gasteiger partial charge in [-0.2, -0.15) is 0 Å². The highest BCUT2D eigenvalue weighted by atomic mass is 16.5. The number of rotatable bonds is 8. The summed E-state index contributed by atoms with van der Waals surface area (Å²) in [5.41, 5.74) is 2.11. The molecule has 1 aromatic carbocycles. The summed E-state index contributed by atoms with van der Waals surface area (Å²) in [7, 11) is 1.57. The Kier molecular flexibility index (Phi) is 6.11. The first-order valence-electron chi connectivity index (χ1n) is 6.66. The van der Waals surface area contributed by atoms with Gasteiger partial charge in [0.05, 0.1) is 19.6 Å². The van der Waals surface area contributed by atoms with Crippen LogP contribution in [-0.2, 0) is 4.79 Å². The van der Waals surface area contributed by atoms with E-state index in [9.17, 15) is 9.59 Å². The van der Waals surface area contributed by atoms with Crippen LogP contribution in [0.3, 0.4) is 0 Å². The molecule has 0 saturated carbocycles. The third-order valence-electron chi connectivity index (χ3n) is 3.21. The number of aryl methyl sites for hydroxylation is 2. The average Bonchev–Trinajstić information content (AvgIpc) is 2.44. The van der Waals surface area contributed by atoms with Gasteiger partial charge in [-0.1, -0.05) is 6.08 Å². The molecule has 0 aliphatic heterocycles.